The van der Waals surface area contributed by atoms with Gasteiger partial charge in [0.05, 0.1) is 18.6 Å². The van der Waals surface area contributed by atoms with Gasteiger partial charge in [0.2, 0.25) is 5.91 Å². The summed E-state index contributed by atoms with van der Waals surface area (Å²) in [4.78, 5) is 40.1. The molecule has 1 aromatic carbocycles. The van der Waals surface area contributed by atoms with Gasteiger partial charge in [0.25, 0.3) is 0 Å². The van der Waals surface area contributed by atoms with Crippen molar-refractivity contribution in [3.63, 3.8) is 0 Å². The second-order valence-corrected chi connectivity index (χ2v) is 7.22. The van der Waals surface area contributed by atoms with E-state index in [2.05, 4.69) is 0 Å². The number of benzene rings is 1. The van der Waals surface area contributed by atoms with E-state index in [1.165, 1.54) is 11.0 Å². The van der Waals surface area contributed by atoms with E-state index in [4.69, 9.17) is 9.47 Å². The summed E-state index contributed by atoms with van der Waals surface area (Å²) >= 11 is 0. The van der Waals surface area contributed by atoms with E-state index < -0.39 is 17.5 Å². The molecule has 3 rings (SSSR count). The number of amides is 2. The lowest BCUT2D eigenvalue weighted by molar-refractivity contribution is -0.161. The zero-order valence-corrected chi connectivity index (χ0v) is 16.0. The van der Waals surface area contributed by atoms with Crippen molar-refractivity contribution in [3.8, 4) is 0 Å². The fraction of sp³-hybridized carbons (Fsp3) is 0.550. The van der Waals surface area contributed by atoms with Gasteiger partial charge in [0, 0.05) is 13.1 Å². The van der Waals surface area contributed by atoms with Crippen LogP contribution in [-0.4, -0.2) is 67.2 Å². The molecule has 0 aliphatic carbocycles. The number of carbonyl (C=O) groups excluding carboxylic acids is 3. The van der Waals surface area contributed by atoms with Gasteiger partial charge in [0.1, 0.15) is 19.0 Å². The molecule has 2 saturated heterocycles. The lowest BCUT2D eigenvalue weighted by Gasteiger charge is -2.41. The minimum Gasteiger partial charge on any atom is -0.466 e. The van der Waals surface area contributed by atoms with E-state index in [1.54, 1.807) is 30.0 Å². The number of carbonyl (C=O) groups is 3. The molecular formula is C20H25FN2O5. The molecule has 1 aromatic rings. The van der Waals surface area contributed by atoms with Crippen LogP contribution in [0, 0.1) is 11.2 Å². The van der Waals surface area contributed by atoms with Crippen LogP contribution in [0.15, 0.2) is 24.3 Å². The summed E-state index contributed by atoms with van der Waals surface area (Å²) in [6.07, 6.45) is 0.765. The highest BCUT2D eigenvalue weighted by Gasteiger charge is 2.45. The Morgan fingerprint density at radius 1 is 1.29 bits per heavy atom. The smallest absolute Gasteiger partial charge is 0.410 e. The largest absolute Gasteiger partial charge is 0.466 e. The van der Waals surface area contributed by atoms with Gasteiger partial charge in [-0.25, -0.2) is 9.18 Å². The van der Waals surface area contributed by atoms with Gasteiger partial charge >= 0.3 is 12.1 Å². The summed E-state index contributed by atoms with van der Waals surface area (Å²) in [5, 5.41) is 0. The van der Waals surface area contributed by atoms with Crippen LogP contribution in [0.25, 0.3) is 0 Å². The Hall–Kier alpha value is -2.64. The zero-order chi connectivity index (χ0) is 20.1. The van der Waals surface area contributed by atoms with Crippen LogP contribution in [0.5, 0.6) is 0 Å². The van der Waals surface area contributed by atoms with Crippen LogP contribution >= 0.6 is 0 Å². The second kappa shape index (κ2) is 8.58. The highest BCUT2D eigenvalue weighted by molar-refractivity contribution is 5.84. The van der Waals surface area contributed by atoms with E-state index >= 15 is 0 Å². The summed E-state index contributed by atoms with van der Waals surface area (Å²) < 4.78 is 24.4. The number of likely N-dealkylation sites (tertiary alicyclic amines) is 1. The average molecular weight is 392 g/mol. The molecule has 2 aliphatic rings. The highest BCUT2D eigenvalue weighted by Crippen LogP contribution is 2.36. The quantitative estimate of drug-likeness (QED) is 0.692. The van der Waals surface area contributed by atoms with E-state index in [1.807, 2.05) is 0 Å². The van der Waals surface area contributed by atoms with Gasteiger partial charge in [0.15, 0.2) is 0 Å². The molecule has 0 N–H and O–H groups in total. The number of halogens is 1. The summed E-state index contributed by atoms with van der Waals surface area (Å²) in [5.41, 5.74) is -0.578. The Kier molecular flexibility index (Phi) is 6.16. The average Bonchev–Trinajstić information content (AvgIpc) is 3.08. The van der Waals surface area contributed by atoms with E-state index in [9.17, 15) is 18.8 Å². The SMILES string of the molecule is CCOC(=O)C1(Cc2ccccc2F)CCCN(C(=O)CN2CCOC2=O)C1. The van der Waals surface area contributed by atoms with Crippen LogP contribution in [0.3, 0.4) is 0 Å². The maximum absolute atomic E-state index is 14.2. The molecule has 0 spiro atoms. The lowest BCUT2D eigenvalue weighted by atomic mass is 9.75. The maximum Gasteiger partial charge on any atom is 0.410 e. The van der Waals surface area contributed by atoms with E-state index in [-0.39, 0.29) is 44.4 Å². The van der Waals surface area contributed by atoms with Gasteiger partial charge in [-0.3, -0.25) is 14.5 Å². The van der Waals surface area contributed by atoms with Crippen LogP contribution < -0.4 is 0 Å². The number of rotatable bonds is 6. The molecule has 1 atom stereocenters. The number of hydrogen-bond donors (Lipinski definition) is 0. The molecule has 1 unspecified atom stereocenters. The molecule has 0 aromatic heterocycles. The monoisotopic (exact) mass is 392 g/mol. The topological polar surface area (TPSA) is 76.2 Å². The fourth-order valence-corrected chi connectivity index (χ4v) is 3.85. The standard InChI is InChI=1S/C20H25FN2O5/c1-2-27-18(25)20(12-15-6-3-4-7-16(15)21)8-5-9-23(14-20)17(24)13-22-10-11-28-19(22)26/h3-4,6-7H,2,5,8-14H2,1H3. The van der Waals surface area contributed by atoms with Crippen molar-refractivity contribution in [1.29, 1.82) is 0 Å². The van der Waals surface area contributed by atoms with Crippen molar-refractivity contribution in [3.05, 3.63) is 35.6 Å². The molecule has 0 saturated carbocycles. The minimum atomic E-state index is -1.00. The first kappa shape index (κ1) is 20.1. The first-order valence-electron chi connectivity index (χ1n) is 9.55. The molecule has 8 heteroatoms. The summed E-state index contributed by atoms with van der Waals surface area (Å²) in [5.74, 6) is -1.05. The third kappa shape index (κ3) is 4.26. The van der Waals surface area contributed by atoms with Crippen LogP contribution in [0.1, 0.15) is 25.3 Å². The summed E-state index contributed by atoms with van der Waals surface area (Å²) in [6, 6.07) is 6.33. The van der Waals surface area contributed by atoms with Crippen molar-refractivity contribution in [2.24, 2.45) is 5.41 Å². The molecule has 28 heavy (non-hydrogen) atoms. The molecule has 0 radical (unpaired) electrons. The van der Waals surface area contributed by atoms with Crippen molar-refractivity contribution in [1.82, 2.24) is 9.80 Å². The van der Waals surface area contributed by atoms with Gasteiger partial charge in [-0.2, -0.15) is 0 Å². The number of nitrogens with zero attached hydrogens (tertiary/aromatic N) is 2. The van der Waals surface area contributed by atoms with E-state index in [0.29, 0.717) is 31.5 Å². The van der Waals surface area contributed by atoms with Crippen molar-refractivity contribution < 1.29 is 28.2 Å². The number of piperidine rings is 1. The number of hydrogen-bond acceptors (Lipinski definition) is 5. The van der Waals surface area contributed by atoms with Crippen LogP contribution in [-0.2, 0) is 25.5 Å². The van der Waals surface area contributed by atoms with Crippen LogP contribution in [0.4, 0.5) is 9.18 Å². The normalized spacial score (nSPS) is 22.1. The molecule has 2 aliphatic heterocycles. The molecule has 2 amide bonds. The molecule has 152 valence electrons. The highest BCUT2D eigenvalue weighted by atomic mass is 19.1. The summed E-state index contributed by atoms with van der Waals surface area (Å²) in [6.45, 7) is 3.12. The molecule has 2 fully saturated rings. The van der Waals surface area contributed by atoms with Crippen molar-refractivity contribution in [2.45, 2.75) is 26.2 Å². The van der Waals surface area contributed by atoms with Gasteiger partial charge in [-0.05, 0) is 37.8 Å². The third-order valence-electron chi connectivity index (χ3n) is 5.30. The molecular weight excluding hydrogens is 367 g/mol. The predicted molar refractivity (Wildman–Crippen MR) is 97.9 cm³/mol. The Labute approximate surface area is 163 Å². The first-order valence-corrected chi connectivity index (χ1v) is 9.55. The minimum absolute atomic E-state index is 0.0859. The molecule has 2 heterocycles. The Bertz CT molecular complexity index is 756. The number of esters is 1. The fourth-order valence-electron chi connectivity index (χ4n) is 3.85. The number of ether oxygens (including phenoxy) is 2. The Morgan fingerprint density at radius 2 is 2.07 bits per heavy atom. The summed E-state index contributed by atoms with van der Waals surface area (Å²) in [7, 11) is 0. The Morgan fingerprint density at radius 3 is 2.75 bits per heavy atom. The molecule has 0 bridgehead atoms. The van der Waals surface area contributed by atoms with Gasteiger partial charge < -0.3 is 14.4 Å². The van der Waals surface area contributed by atoms with Gasteiger partial charge in [-0.1, -0.05) is 18.2 Å². The third-order valence-corrected chi connectivity index (χ3v) is 5.30. The van der Waals surface area contributed by atoms with Crippen LogP contribution in [0.2, 0.25) is 0 Å². The predicted octanol–water partition coefficient (Wildman–Crippen LogP) is 1.99. The number of cyclic esters (lactones) is 1. The molecule has 7 nitrogen and oxygen atoms in total. The Balaban J connectivity index is 1.79. The van der Waals surface area contributed by atoms with Crippen molar-refractivity contribution >= 4 is 18.0 Å². The van der Waals surface area contributed by atoms with E-state index in [0.717, 1.165) is 0 Å². The lowest BCUT2D eigenvalue weighted by Crippen LogP contribution is -2.53. The second-order valence-electron chi connectivity index (χ2n) is 7.22. The van der Waals surface area contributed by atoms with Gasteiger partial charge in [-0.15, -0.1) is 0 Å². The first-order chi connectivity index (χ1) is 13.4. The maximum atomic E-state index is 14.2. The zero-order valence-electron chi connectivity index (χ0n) is 16.0. The van der Waals surface area contributed by atoms with Crippen molar-refractivity contribution in [2.75, 3.05) is 39.4 Å².